The van der Waals surface area contributed by atoms with Crippen molar-refractivity contribution >= 4 is 17.5 Å². The lowest BCUT2D eigenvalue weighted by atomic mass is 10.1. The first kappa shape index (κ1) is 15.2. The maximum atomic E-state index is 11.8. The lowest BCUT2D eigenvalue weighted by Crippen LogP contribution is -2.88. The van der Waals surface area contributed by atoms with Gasteiger partial charge >= 0.3 is 0 Å². The molecular formula is C14H22N3O2+. The highest BCUT2D eigenvalue weighted by Crippen LogP contribution is 2.21. The van der Waals surface area contributed by atoms with Gasteiger partial charge in [0.25, 0.3) is 11.8 Å². The number of nitrogens with one attached hydrogen (secondary N) is 2. The number of aryl methyl sites for hydroxylation is 3. The van der Waals surface area contributed by atoms with Crippen molar-refractivity contribution in [1.29, 1.82) is 0 Å². The van der Waals surface area contributed by atoms with E-state index in [1.54, 1.807) is 12.4 Å². The van der Waals surface area contributed by atoms with Crippen LogP contribution in [-0.4, -0.2) is 32.0 Å². The van der Waals surface area contributed by atoms with Crippen molar-refractivity contribution in [2.24, 2.45) is 0 Å². The summed E-state index contributed by atoms with van der Waals surface area (Å²) in [5, 5.41) is 7.08. The molecule has 0 aliphatic heterocycles. The molecule has 0 spiro atoms. The zero-order valence-corrected chi connectivity index (χ0v) is 12.0. The van der Waals surface area contributed by atoms with Crippen LogP contribution in [0.25, 0.3) is 0 Å². The summed E-state index contributed by atoms with van der Waals surface area (Å²) >= 11 is 0. The van der Waals surface area contributed by atoms with Gasteiger partial charge in [-0.1, -0.05) is 17.7 Å². The third-order valence-corrected chi connectivity index (χ3v) is 2.88. The summed E-state index contributed by atoms with van der Waals surface area (Å²) in [5.41, 5.74) is 4.15. The number of rotatable bonds is 5. The number of amides is 2. The predicted octanol–water partition coefficient (Wildman–Crippen LogP) is -0.140. The zero-order chi connectivity index (χ0) is 14.4. The summed E-state index contributed by atoms with van der Waals surface area (Å²) in [7, 11) is 1.58. The largest absolute Gasteiger partial charge is 0.354 e. The van der Waals surface area contributed by atoms with Crippen molar-refractivity contribution < 1.29 is 14.9 Å². The first-order chi connectivity index (χ1) is 8.93. The van der Waals surface area contributed by atoms with Gasteiger partial charge in [0.15, 0.2) is 13.1 Å². The predicted molar refractivity (Wildman–Crippen MR) is 75.0 cm³/mol. The van der Waals surface area contributed by atoms with Crippen LogP contribution in [0.3, 0.4) is 0 Å². The lowest BCUT2D eigenvalue weighted by Gasteiger charge is -2.12. The number of nitrogens with two attached hydrogens (primary N) is 1. The number of carbonyl (C=O) groups excluding carboxylic acids is 2. The second kappa shape index (κ2) is 6.89. The molecule has 0 heterocycles. The summed E-state index contributed by atoms with van der Waals surface area (Å²) in [6.07, 6.45) is 0. The van der Waals surface area contributed by atoms with Gasteiger partial charge in [0.2, 0.25) is 0 Å². The molecule has 0 aromatic heterocycles. The molecule has 1 aromatic carbocycles. The molecule has 0 unspecified atom stereocenters. The number of carbonyl (C=O) groups is 2. The van der Waals surface area contributed by atoms with Crippen LogP contribution in [0.2, 0.25) is 0 Å². The molecule has 0 saturated heterocycles. The minimum atomic E-state index is -0.0982. The molecule has 1 rings (SSSR count). The molecule has 0 bridgehead atoms. The Morgan fingerprint density at radius 2 is 1.58 bits per heavy atom. The summed E-state index contributed by atoms with van der Waals surface area (Å²) < 4.78 is 0. The monoisotopic (exact) mass is 264 g/mol. The number of benzene rings is 1. The molecule has 104 valence electrons. The average Bonchev–Trinajstić information content (AvgIpc) is 2.33. The van der Waals surface area contributed by atoms with Crippen molar-refractivity contribution in [2.45, 2.75) is 20.8 Å². The number of hydrogen-bond acceptors (Lipinski definition) is 2. The quantitative estimate of drug-likeness (QED) is 0.692. The van der Waals surface area contributed by atoms with Crippen molar-refractivity contribution in [3.8, 4) is 0 Å². The fraction of sp³-hybridized carbons (Fsp3) is 0.429. The van der Waals surface area contributed by atoms with E-state index in [4.69, 9.17) is 0 Å². The van der Waals surface area contributed by atoms with Crippen molar-refractivity contribution in [2.75, 3.05) is 25.5 Å². The number of likely N-dealkylation sites (N-methyl/N-ethyl adjacent to an activating group) is 1. The molecule has 19 heavy (non-hydrogen) atoms. The first-order valence-electron chi connectivity index (χ1n) is 6.34. The van der Waals surface area contributed by atoms with Crippen molar-refractivity contribution in [3.05, 3.63) is 28.8 Å². The molecule has 5 nitrogen and oxygen atoms in total. The molecule has 0 radical (unpaired) electrons. The molecule has 0 aliphatic carbocycles. The van der Waals surface area contributed by atoms with E-state index < -0.39 is 0 Å². The van der Waals surface area contributed by atoms with Crippen LogP contribution in [0.5, 0.6) is 0 Å². The zero-order valence-electron chi connectivity index (χ0n) is 12.0. The lowest BCUT2D eigenvalue weighted by molar-refractivity contribution is -0.632. The molecule has 1 aromatic rings. The van der Waals surface area contributed by atoms with Gasteiger partial charge in [0, 0.05) is 12.7 Å². The Morgan fingerprint density at radius 1 is 1.05 bits per heavy atom. The van der Waals surface area contributed by atoms with Gasteiger partial charge in [-0.2, -0.15) is 0 Å². The molecule has 4 N–H and O–H groups in total. The van der Waals surface area contributed by atoms with Crippen molar-refractivity contribution in [1.82, 2.24) is 5.32 Å². The van der Waals surface area contributed by atoms with Crippen LogP contribution in [0.15, 0.2) is 12.1 Å². The molecule has 5 heteroatoms. The van der Waals surface area contributed by atoms with E-state index in [2.05, 4.69) is 10.6 Å². The molecule has 0 fully saturated rings. The molecule has 0 atom stereocenters. The topological polar surface area (TPSA) is 74.8 Å². The van der Waals surface area contributed by atoms with E-state index in [0.29, 0.717) is 0 Å². The minimum absolute atomic E-state index is 0.0875. The van der Waals surface area contributed by atoms with Crippen LogP contribution in [-0.2, 0) is 9.59 Å². The number of hydrogen-bond donors (Lipinski definition) is 3. The Kier molecular flexibility index (Phi) is 5.51. The highest BCUT2D eigenvalue weighted by molar-refractivity contribution is 5.93. The normalized spacial score (nSPS) is 10.1. The van der Waals surface area contributed by atoms with Crippen LogP contribution >= 0.6 is 0 Å². The average molecular weight is 264 g/mol. The fourth-order valence-corrected chi connectivity index (χ4v) is 2.00. The van der Waals surface area contributed by atoms with E-state index in [1.165, 1.54) is 5.56 Å². The summed E-state index contributed by atoms with van der Waals surface area (Å²) in [4.78, 5) is 22.8. The van der Waals surface area contributed by atoms with Crippen LogP contribution in [0.1, 0.15) is 16.7 Å². The highest BCUT2D eigenvalue weighted by atomic mass is 16.2. The molecule has 0 aliphatic rings. The van der Waals surface area contributed by atoms with Gasteiger partial charge in [-0.3, -0.25) is 9.59 Å². The third-order valence-electron chi connectivity index (χ3n) is 2.88. The number of anilines is 1. The summed E-state index contributed by atoms with van der Waals surface area (Å²) in [6.45, 7) is 6.48. The van der Waals surface area contributed by atoms with E-state index >= 15 is 0 Å². The van der Waals surface area contributed by atoms with E-state index in [-0.39, 0.29) is 24.9 Å². The first-order valence-corrected chi connectivity index (χ1v) is 6.34. The minimum Gasteiger partial charge on any atom is -0.354 e. The second-order valence-corrected chi connectivity index (χ2v) is 4.69. The van der Waals surface area contributed by atoms with Gasteiger partial charge < -0.3 is 16.0 Å². The van der Waals surface area contributed by atoms with Gasteiger partial charge in [-0.05, 0) is 31.9 Å². The Balaban J connectivity index is 2.56. The fourth-order valence-electron chi connectivity index (χ4n) is 2.00. The standard InChI is InChI=1S/C14H21N3O2/c1-9-5-10(2)14(11(3)6-9)17-13(19)8-16-7-12(18)15-4/h5-6,16H,7-8H2,1-4H3,(H,15,18)(H,17,19)/p+1. The Bertz CT molecular complexity index is 461. The van der Waals surface area contributed by atoms with Crippen molar-refractivity contribution in [3.63, 3.8) is 0 Å². The van der Waals surface area contributed by atoms with Gasteiger partial charge in [0.05, 0.1) is 0 Å². The van der Waals surface area contributed by atoms with E-state index in [1.807, 2.05) is 32.9 Å². The van der Waals surface area contributed by atoms with Gasteiger partial charge in [-0.25, -0.2) is 0 Å². The van der Waals surface area contributed by atoms with Gasteiger partial charge in [-0.15, -0.1) is 0 Å². The third kappa shape index (κ3) is 4.71. The van der Waals surface area contributed by atoms with Gasteiger partial charge in [0.1, 0.15) is 0 Å². The van der Waals surface area contributed by atoms with Crippen LogP contribution < -0.4 is 16.0 Å². The van der Waals surface area contributed by atoms with Crippen LogP contribution in [0, 0.1) is 20.8 Å². The number of quaternary nitrogens is 1. The summed E-state index contributed by atoms with van der Waals surface area (Å²) in [6, 6.07) is 4.08. The Labute approximate surface area is 113 Å². The Hall–Kier alpha value is -1.88. The molecular weight excluding hydrogens is 242 g/mol. The smallest absolute Gasteiger partial charge is 0.279 e. The van der Waals surface area contributed by atoms with E-state index in [9.17, 15) is 9.59 Å². The molecule has 0 saturated carbocycles. The maximum Gasteiger partial charge on any atom is 0.279 e. The molecule has 2 amide bonds. The highest BCUT2D eigenvalue weighted by Gasteiger charge is 2.10. The Morgan fingerprint density at radius 3 is 2.11 bits per heavy atom. The second-order valence-electron chi connectivity index (χ2n) is 4.69. The van der Waals surface area contributed by atoms with Crippen LogP contribution in [0.4, 0.5) is 5.69 Å². The maximum absolute atomic E-state index is 11.8. The summed E-state index contributed by atoms with van der Waals surface area (Å²) in [5.74, 6) is -0.186. The SMILES string of the molecule is CNC(=O)C[NH2+]CC(=O)Nc1c(C)cc(C)cc1C. The van der Waals surface area contributed by atoms with E-state index in [0.717, 1.165) is 16.8 Å².